The van der Waals surface area contributed by atoms with Crippen molar-refractivity contribution in [3.63, 3.8) is 0 Å². The summed E-state index contributed by atoms with van der Waals surface area (Å²) >= 11 is 1.07. The van der Waals surface area contributed by atoms with Crippen LogP contribution in [-0.2, 0) is 11.2 Å². The van der Waals surface area contributed by atoms with E-state index in [4.69, 9.17) is 5.11 Å². The van der Waals surface area contributed by atoms with Crippen molar-refractivity contribution in [2.24, 2.45) is 0 Å². The van der Waals surface area contributed by atoms with Crippen molar-refractivity contribution in [3.05, 3.63) is 60.2 Å². The molecular formula is C19H21NO3S. The average molecular weight is 343 g/mol. The van der Waals surface area contributed by atoms with Gasteiger partial charge in [-0.05, 0) is 30.0 Å². The van der Waals surface area contributed by atoms with E-state index in [1.165, 1.54) is 0 Å². The van der Waals surface area contributed by atoms with Crippen LogP contribution in [0.3, 0.4) is 0 Å². The first-order chi connectivity index (χ1) is 11.6. The normalized spacial score (nSPS) is 11.7. The highest BCUT2D eigenvalue weighted by molar-refractivity contribution is 8.14. The number of benzene rings is 2. The molecule has 0 heterocycles. The standard InChI is InChI=1S/C19H21NO3S/c1-2-20-19(23)24-16(13-18(21)22)12-15-10-6-7-11-17(15)14-8-4-3-5-9-14/h3-11,16H,2,12-13H2,1H3,(H,20,23)(H,21,22). The van der Waals surface area contributed by atoms with Gasteiger partial charge in [-0.2, -0.15) is 0 Å². The van der Waals surface area contributed by atoms with E-state index in [1.807, 2.05) is 61.5 Å². The lowest BCUT2D eigenvalue weighted by Crippen LogP contribution is -2.23. The maximum absolute atomic E-state index is 11.8. The van der Waals surface area contributed by atoms with E-state index in [0.717, 1.165) is 28.5 Å². The first-order valence-corrected chi connectivity index (χ1v) is 8.77. The number of thioether (sulfide) groups is 1. The van der Waals surface area contributed by atoms with Gasteiger partial charge in [0, 0.05) is 11.8 Å². The minimum absolute atomic E-state index is 0.0507. The molecule has 2 aromatic carbocycles. The number of carboxylic acids is 1. The number of hydrogen-bond acceptors (Lipinski definition) is 3. The SMILES string of the molecule is CCNC(=O)SC(CC(=O)O)Cc1ccccc1-c1ccccc1. The lowest BCUT2D eigenvalue weighted by molar-refractivity contribution is -0.136. The molecular weight excluding hydrogens is 322 g/mol. The fraction of sp³-hybridized carbons (Fsp3) is 0.263. The molecule has 24 heavy (non-hydrogen) atoms. The summed E-state index contributed by atoms with van der Waals surface area (Å²) < 4.78 is 0. The molecule has 0 aliphatic heterocycles. The molecule has 4 nitrogen and oxygen atoms in total. The van der Waals surface area contributed by atoms with E-state index < -0.39 is 5.97 Å². The van der Waals surface area contributed by atoms with Crippen LogP contribution in [0.2, 0.25) is 0 Å². The van der Waals surface area contributed by atoms with Gasteiger partial charge in [0.1, 0.15) is 0 Å². The van der Waals surface area contributed by atoms with Crippen LogP contribution >= 0.6 is 11.8 Å². The van der Waals surface area contributed by atoms with Crippen LogP contribution in [0.4, 0.5) is 4.79 Å². The molecule has 1 unspecified atom stereocenters. The van der Waals surface area contributed by atoms with Crippen LogP contribution in [-0.4, -0.2) is 28.1 Å². The number of amides is 1. The summed E-state index contributed by atoms with van der Waals surface area (Å²) in [5.74, 6) is -0.894. The Kier molecular flexibility index (Phi) is 6.88. The summed E-state index contributed by atoms with van der Waals surface area (Å²) in [4.78, 5) is 23.0. The number of carbonyl (C=O) groups excluding carboxylic acids is 1. The smallest absolute Gasteiger partial charge is 0.304 e. The average Bonchev–Trinajstić information content (AvgIpc) is 2.55. The number of hydrogen-bond donors (Lipinski definition) is 2. The number of nitrogens with one attached hydrogen (secondary N) is 1. The molecule has 0 saturated carbocycles. The predicted octanol–water partition coefficient (Wildman–Crippen LogP) is 4.20. The highest BCUT2D eigenvalue weighted by atomic mass is 32.2. The van der Waals surface area contributed by atoms with Gasteiger partial charge >= 0.3 is 5.97 Å². The monoisotopic (exact) mass is 343 g/mol. The van der Waals surface area contributed by atoms with Crippen molar-refractivity contribution in [2.45, 2.75) is 25.0 Å². The van der Waals surface area contributed by atoms with Crippen LogP contribution in [0.15, 0.2) is 54.6 Å². The van der Waals surface area contributed by atoms with Gasteiger partial charge in [0.2, 0.25) is 0 Å². The second-order valence-electron chi connectivity index (χ2n) is 5.38. The van der Waals surface area contributed by atoms with Crippen molar-refractivity contribution >= 4 is 23.0 Å². The summed E-state index contributed by atoms with van der Waals surface area (Å²) in [6, 6.07) is 17.9. The Morgan fingerprint density at radius 1 is 1.08 bits per heavy atom. The molecule has 2 N–H and O–H groups in total. The molecule has 0 aliphatic carbocycles. The molecule has 1 atom stereocenters. The summed E-state index contributed by atoms with van der Waals surface area (Å²) in [5.41, 5.74) is 3.21. The summed E-state index contributed by atoms with van der Waals surface area (Å²) in [6.07, 6.45) is 0.476. The van der Waals surface area contributed by atoms with Gasteiger partial charge in [-0.1, -0.05) is 66.4 Å². The van der Waals surface area contributed by atoms with Gasteiger partial charge in [-0.15, -0.1) is 0 Å². The Bertz CT molecular complexity index is 688. The fourth-order valence-electron chi connectivity index (χ4n) is 2.53. The van der Waals surface area contributed by atoms with Gasteiger partial charge in [-0.3, -0.25) is 9.59 Å². The van der Waals surface area contributed by atoms with Crippen LogP contribution in [0.1, 0.15) is 18.9 Å². The number of aliphatic carboxylic acids is 1. The molecule has 0 bridgehead atoms. The molecule has 0 fully saturated rings. The number of carboxylic acid groups (broad SMARTS) is 1. The second-order valence-corrected chi connectivity index (χ2v) is 6.66. The molecule has 2 aromatic rings. The van der Waals surface area contributed by atoms with Crippen molar-refractivity contribution < 1.29 is 14.7 Å². The molecule has 0 radical (unpaired) electrons. The van der Waals surface area contributed by atoms with Crippen molar-refractivity contribution in [3.8, 4) is 11.1 Å². The van der Waals surface area contributed by atoms with Crippen LogP contribution in [0.5, 0.6) is 0 Å². The minimum atomic E-state index is -0.894. The molecule has 2 rings (SSSR count). The van der Waals surface area contributed by atoms with E-state index in [-0.39, 0.29) is 16.9 Å². The van der Waals surface area contributed by atoms with E-state index in [1.54, 1.807) is 0 Å². The van der Waals surface area contributed by atoms with Gasteiger partial charge in [-0.25, -0.2) is 0 Å². The Morgan fingerprint density at radius 2 is 1.75 bits per heavy atom. The molecule has 0 aromatic heterocycles. The lowest BCUT2D eigenvalue weighted by Gasteiger charge is -2.16. The Morgan fingerprint density at radius 3 is 2.42 bits per heavy atom. The van der Waals surface area contributed by atoms with Gasteiger partial charge in [0.25, 0.3) is 5.24 Å². The molecule has 1 amide bonds. The third kappa shape index (κ3) is 5.42. The first-order valence-electron chi connectivity index (χ1n) is 7.89. The Balaban J connectivity index is 2.22. The number of rotatable bonds is 7. The van der Waals surface area contributed by atoms with Crippen LogP contribution < -0.4 is 5.32 Å². The summed E-state index contributed by atoms with van der Waals surface area (Å²) in [6.45, 7) is 2.38. The zero-order chi connectivity index (χ0) is 17.4. The molecule has 5 heteroatoms. The van der Waals surface area contributed by atoms with Crippen molar-refractivity contribution in [1.82, 2.24) is 5.32 Å². The van der Waals surface area contributed by atoms with Gasteiger partial charge < -0.3 is 10.4 Å². The third-order valence-electron chi connectivity index (χ3n) is 3.55. The van der Waals surface area contributed by atoms with Crippen molar-refractivity contribution in [2.75, 3.05) is 6.54 Å². The molecule has 0 aliphatic rings. The third-order valence-corrected chi connectivity index (χ3v) is 4.57. The Labute approximate surface area is 146 Å². The first kappa shape index (κ1) is 18.1. The van der Waals surface area contributed by atoms with Crippen LogP contribution in [0.25, 0.3) is 11.1 Å². The molecule has 0 spiro atoms. The van der Waals surface area contributed by atoms with Gasteiger partial charge in [0.05, 0.1) is 6.42 Å². The maximum atomic E-state index is 11.8. The topological polar surface area (TPSA) is 66.4 Å². The van der Waals surface area contributed by atoms with E-state index in [2.05, 4.69) is 5.32 Å². The summed E-state index contributed by atoms with van der Waals surface area (Å²) in [5, 5.41) is 11.4. The van der Waals surface area contributed by atoms with E-state index in [0.29, 0.717) is 13.0 Å². The van der Waals surface area contributed by atoms with Gasteiger partial charge in [0.15, 0.2) is 0 Å². The summed E-state index contributed by atoms with van der Waals surface area (Å²) in [7, 11) is 0. The van der Waals surface area contributed by atoms with E-state index >= 15 is 0 Å². The molecule has 0 saturated heterocycles. The predicted molar refractivity (Wildman–Crippen MR) is 98.3 cm³/mol. The highest BCUT2D eigenvalue weighted by Crippen LogP contribution is 2.28. The quantitative estimate of drug-likeness (QED) is 0.790. The maximum Gasteiger partial charge on any atom is 0.304 e. The fourth-order valence-corrected chi connectivity index (χ4v) is 3.55. The number of carbonyl (C=O) groups is 2. The zero-order valence-corrected chi connectivity index (χ0v) is 14.4. The molecule has 126 valence electrons. The largest absolute Gasteiger partial charge is 0.481 e. The van der Waals surface area contributed by atoms with Crippen molar-refractivity contribution in [1.29, 1.82) is 0 Å². The highest BCUT2D eigenvalue weighted by Gasteiger charge is 2.20. The van der Waals surface area contributed by atoms with Crippen LogP contribution in [0, 0.1) is 0 Å². The minimum Gasteiger partial charge on any atom is -0.481 e. The lowest BCUT2D eigenvalue weighted by atomic mass is 9.96. The Hall–Kier alpha value is -2.27. The second kappa shape index (κ2) is 9.13. The van der Waals surface area contributed by atoms with E-state index in [9.17, 15) is 9.59 Å². The zero-order valence-electron chi connectivity index (χ0n) is 13.6.